The monoisotopic (exact) mass is 770 g/mol. The summed E-state index contributed by atoms with van der Waals surface area (Å²) in [6, 6.07) is 14.5. The van der Waals surface area contributed by atoms with Gasteiger partial charge in [0.15, 0.2) is 41.6 Å². The molecule has 5 atom stereocenters. The molecular formula is C36H46N6O13. The highest BCUT2D eigenvalue weighted by Gasteiger charge is 2.46. The highest BCUT2D eigenvalue weighted by Crippen LogP contribution is 2.39. The molecule has 4 rings (SSSR count). The number of aliphatic hydroxyl groups is 3. The predicted octanol–water partition coefficient (Wildman–Crippen LogP) is -0.160. The Bertz CT molecular complexity index is 1820. The number of methoxy groups -OCH3 is 1. The molecule has 0 spiro atoms. The standard InChI is InChI=1S/C36H46N6O13/c1-40-36(39)42-18-53-25-14-21(32(47)48)13-20(9-6-11-41-35(37)38)31(25)55-34-30(46)29(45)28(44)26(54-34)17-52-33(49)22-15-23(50-2)27(43)24(16-22)51-12-10-19-7-4-3-5-8-19/h3-5,7-8,13-16,26,28-30,34,43-46H,6,9-12,17-18H2,1-2H3,(H,47,48)(H4,37,38,41)(H3,39,40,42). The minimum atomic E-state index is -1.85. The fraction of sp³-hybridized carbons (Fsp3) is 0.389. The van der Waals surface area contributed by atoms with Crippen LogP contribution in [0.2, 0.25) is 0 Å². The quantitative estimate of drug-likeness (QED) is 0.0267. The molecule has 0 saturated carbocycles. The van der Waals surface area contributed by atoms with E-state index >= 15 is 0 Å². The van der Waals surface area contributed by atoms with Crippen molar-refractivity contribution in [3.8, 4) is 28.7 Å². The molecule has 1 aliphatic heterocycles. The van der Waals surface area contributed by atoms with Crippen LogP contribution in [0.4, 0.5) is 0 Å². The highest BCUT2D eigenvalue weighted by molar-refractivity contribution is 5.91. The lowest BCUT2D eigenvalue weighted by Gasteiger charge is -2.40. The predicted molar refractivity (Wildman–Crippen MR) is 196 cm³/mol. The molecule has 3 aromatic rings. The van der Waals surface area contributed by atoms with Gasteiger partial charge in [-0.25, -0.2) is 9.59 Å². The van der Waals surface area contributed by atoms with Crippen molar-refractivity contribution in [3.05, 3.63) is 76.9 Å². The molecule has 5 unspecified atom stereocenters. The van der Waals surface area contributed by atoms with Crippen molar-refractivity contribution < 1.29 is 63.5 Å². The van der Waals surface area contributed by atoms with Crippen molar-refractivity contribution in [2.45, 2.75) is 50.0 Å². The number of aryl methyl sites for hydroxylation is 1. The summed E-state index contributed by atoms with van der Waals surface area (Å²) in [4.78, 5) is 33.0. The minimum Gasteiger partial charge on any atom is -0.502 e. The first-order chi connectivity index (χ1) is 26.3. The molecule has 0 aromatic heterocycles. The lowest BCUT2D eigenvalue weighted by Crippen LogP contribution is -2.60. The van der Waals surface area contributed by atoms with Crippen LogP contribution >= 0.6 is 0 Å². The van der Waals surface area contributed by atoms with Crippen LogP contribution in [0.3, 0.4) is 0 Å². The number of nitrogens with zero attached hydrogens (tertiary/aromatic N) is 2. The third-order valence-corrected chi connectivity index (χ3v) is 8.27. The van der Waals surface area contributed by atoms with Gasteiger partial charge in [-0.15, -0.1) is 0 Å². The van der Waals surface area contributed by atoms with Crippen LogP contribution in [0.5, 0.6) is 28.7 Å². The van der Waals surface area contributed by atoms with Crippen LogP contribution in [-0.4, -0.2) is 121 Å². The topological polar surface area (TPSA) is 305 Å². The lowest BCUT2D eigenvalue weighted by atomic mass is 9.99. The number of hydrogen-bond acceptors (Lipinski definition) is 14. The summed E-state index contributed by atoms with van der Waals surface area (Å²) in [6.07, 6.45) is -7.61. The molecule has 0 aliphatic carbocycles. The second-order valence-corrected chi connectivity index (χ2v) is 12.1. The molecule has 298 valence electrons. The third kappa shape index (κ3) is 11.5. The summed E-state index contributed by atoms with van der Waals surface area (Å²) < 4.78 is 34.0. The molecule has 0 radical (unpaired) electrons. The van der Waals surface area contributed by atoms with Gasteiger partial charge in [-0.05, 0) is 48.2 Å². The number of esters is 1. The summed E-state index contributed by atoms with van der Waals surface area (Å²) >= 11 is 0. The maximum absolute atomic E-state index is 13.2. The van der Waals surface area contributed by atoms with Crippen molar-refractivity contribution in [2.24, 2.45) is 27.2 Å². The van der Waals surface area contributed by atoms with Gasteiger partial charge in [0.25, 0.3) is 0 Å². The van der Waals surface area contributed by atoms with Crippen LogP contribution in [0.1, 0.15) is 38.3 Å². The Labute approximate surface area is 315 Å². The Morgan fingerprint density at radius 2 is 1.62 bits per heavy atom. The summed E-state index contributed by atoms with van der Waals surface area (Å²) in [5.41, 5.74) is 17.6. The molecule has 19 nitrogen and oxygen atoms in total. The first-order valence-corrected chi connectivity index (χ1v) is 17.0. The van der Waals surface area contributed by atoms with E-state index < -0.39 is 49.3 Å². The van der Waals surface area contributed by atoms with Gasteiger partial charge < -0.3 is 76.5 Å². The zero-order chi connectivity index (χ0) is 40.1. The molecule has 1 saturated heterocycles. The molecule has 55 heavy (non-hydrogen) atoms. The molecule has 1 fully saturated rings. The van der Waals surface area contributed by atoms with Crippen LogP contribution in [0, 0.1) is 0 Å². The minimum absolute atomic E-state index is 0.0207. The average molecular weight is 771 g/mol. The van der Waals surface area contributed by atoms with E-state index in [9.17, 15) is 35.1 Å². The molecule has 19 heteroatoms. The number of guanidine groups is 2. The number of benzene rings is 3. The SMILES string of the molecule is CN=C(N)NCOc1cc(C(=O)O)cc(CCCN=C(N)N)c1OC1OC(COC(=O)c2cc(OC)c(O)c(OCCc3ccccc3)c2)C(O)C(O)C1O. The number of aliphatic imine (C=N–C) groups is 2. The largest absolute Gasteiger partial charge is 0.502 e. The van der Waals surface area contributed by atoms with E-state index in [4.69, 9.17) is 45.6 Å². The number of phenols is 1. The van der Waals surface area contributed by atoms with Crippen molar-refractivity contribution in [2.75, 3.05) is 40.6 Å². The number of rotatable bonds is 18. The number of carbonyl (C=O) groups is 2. The average Bonchev–Trinajstić information content (AvgIpc) is 3.17. The summed E-state index contributed by atoms with van der Waals surface area (Å²) in [7, 11) is 2.73. The Hall–Kier alpha value is -6.02. The van der Waals surface area contributed by atoms with Gasteiger partial charge in [-0.2, -0.15) is 0 Å². The van der Waals surface area contributed by atoms with Crippen molar-refractivity contribution in [1.82, 2.24) is 5.32 Å². The Morgan fingerprint density at radius 1 is 0.909 bits per heavy atom. The van der Waals surface area contributed by atoms with Gasteiger partial charge in [-0.1, -0.05) is 30.3 Å². The number of nitrogens with one attached hydrogen (secondary N) is 1. The van der Waals surface area contributed by atoms with Crippen molar-refractivity contribution >= 4 is 23.9 Å². The van der Waals surface area contributed by atoms with Crippen LogP contribution < -0.4 is 41.5 Å². The number of nitrogens with two attached hydrogens (primary N) is 3. The Morgan fingerprint density at radius 3 is 2.29 bits per heavy atom. The van der Waals surface area contributed by atoms with E-state index in [2.05, 4.69) is 15.3 Å². The summed E-state index contributed by atoms with van der Waals surface area (Å²) in [5, 5.41) is 55.7. The van der Waals surface area contributed by atoms with Gasteiger partial charge >= 0.3 is 11.9 Å². The molecule has 1 heterocycles. The number of carboxylic acids is 1. The summed E-state index contributed by atoms with van der Waals surface area (Å²) in [5.74, 6) is -2.96. The Kier molecular flexibility index (Phi) is 15.1. The molecule has 0 bridgehead atoms. The van der Waals surface area contributed by atoms with E-state index in [-0.39, 0.29) is 83.7 Å². The number of ether oxygens (including phenoxy) is 6. The number of aromatic carboxylic acids is 1. The van der Waals surface area contributed by atoms with E-state index in [0.717, 1.165) is 5.56 Å². The fourth-order valence-electron chi connectivity index (χ4n) is 5.35. The van der Waals surface area contributed by atoms with E-state index in [1.54, 1.807) is 0 Å². The van der Waals surface area contributed by atoms with Gasteiger partial charge in [0.2, 0.25) is 12.0 Å². The molecular weight excluding hydrogens is 724 g/mol. The lowest BCUT2D eigenvalue weighted by molar-refractivity contribution is -0.277. The molecule has 3 aromatic carbocycles. The molecule has 12 N–H and O–H groups in total. The van der Waals surface area contributed by atoms with Crippen molar-refractivity contribution in [3.63, 3.8) is 0 Å². The van der Waals surface area contributed by atoms with E-state index in [1.807, 2.05) is 30.3 Å². The number of aliphatic hydroxyl groups excluding tert-OH is 3. The molecule has 0 amide bonds. The van der Waals surface area contributed by atoms with Crippen LogP contribution in [-0.2, 0) is 22.3 Å². The number of aromatic hydroxyl groups is 1. The van der Waals surface area contributed by atoms with Crippen molar-refractivity contribution in [1.29, 1.82) is 0 Å². The maximum atomic E-state index is 13.2. The summed E-state index contributed by atoms with van der Waals surface area (Å²) in [6.45, 7) is -0.575. The highest BCUT2D eigenvalue weighted by atomic mass is 16.7. The maximum Gasteiger partial charge on any atom is 0.338 e. The third-order valence-electron chi connectivity index (χ3n) is 8.27. The first kappa shape index (κ1) is 41.7. The Balaban J connectivity index is 1.54. The van der Waals surface area contributed by atoms with Crippen LogP contribution in [0.15, 0.2) is 64.6 Å². The number of carboxylic acid groups (broad SMARTS) is 1. The van der Waals surface area contributed by atoms with Gasteiger partial charge in [-0.3, -0.25) is 9.98 Å². The van der Waals surface area contributed by atoms with E-state index in [1.165, 1.54) is 38.4 Å². The van der Waals surface area contributed by atoms with Gasteiger partial charge in [0.1, 0.15) is 31.0 Å². The molecule has 1 aliphatic rings. The first-order valence-electron chi connectivity index (χ1n) is 17.0. The normalized spacial score (nSPS) is 19.5. The van der Waals surface area contributed by atoms with Gasteiger partial charge in [0, 0.05) is 20.0 Å². The second kappa shape index (κ2) is 19.9. The number of phenolic OH excluding ortho intramolecular Hbond substituents is 1. The zero-order valence-electron chi connectivity index (χ0n) is 30.2. The zero-order valence-corrected chi connectivity index (χ0v) is 30.2. The number of carbonyl (C=O) groups excluding carboxylic acids is 1. The smallest absolute Gasteiger partial charge is 0.338 e. The van der Waals surface area contributed by atoms with Crippen LogP contribution in [0.25, 0.3) is 0 Å². The number of hydrogen-bond donors (Lipinski definition) is 9. The van der Waals surface area contributed by atoms with Gasteiger partial charge in [0.05, 0.1) is 24.8 Å². The fourth-order valence-corrected chi connectivity index (χ4v) is 5.35. The van der Waals surface area contributed by atoms with E-state index in [0.29, 0.717) is 12.8 Å². The second-order valence-electron chi connectivity index (χ2n) is 12.1.